The summed E-state index contributed by atoms with van der Waals surface area (Å²) >= 11 is 0. The highest BCUT2D eigenvalue weighted by atomic mass is 16.2. The maximum Gasteiger partial charge on any atom is 0.330 e. The smallest absolute Gasteiger partial charge is 0.330 e. The molecule has 6 nitrogen and oxygen atoms in total. The number of nitrogens with one attached hydrogen (secondary N) is 1. The van der Waals surface area contributed by atoms with E-state index in [1.807, 2.05) is 61.5 Å². The van der Waals surface area contributed by atoms with Crippen molar-refractivity contribution in [2.24, 2.45) is 14.1 Å². The number of nitrogens with zero attached hydrogens (tertiary/aromatic N) is 2. The first kappa shape index (κ1) is 20.1. The predicted octanol–water partition coefficient (Wildman–Crippen LogP) is 2.31. The topological polar surface area (TPSA) is 73.1 Å². The highest BCUT2D eigenvalue weighted by Gasteiger charge is 2.15. The predicted molar refractivity (Wildman–Crippen MR) is 114 cm³/mol. The fraction of sp³-hybridized carbons (Fsp3) is 0.174. The molecule has 1 unspecified atom stereocenters. The van der Waals surface area contributed by atoms with Crippen molar-refractivity contribution in [3.8, 4) is 0 Å². The molecular formula is C23H23N3O3. The third kappa shape index (κ3) is 4.60. The number of hydrogen-bond acceptors (Lipinski definition) is 3. The van der Waals surface area contributed by atoms with Gasteiger partial charge in [-0.15, -0.1) is 0 Å². The van der Waals surface area contributed by atoms with Gasteiger partial charge in [-0.25, -0.2) is 4.79 Å². The summed E-state index contributed by atoms with van der Waals surface area (Å²) in [5, 5.41) is 3.00. The fourth-order valence-corrected chi connectivity index (χ4v) is 3.07. The minimum absolute atomic E-state index is 0.261. The Labute approximate surface area is 168 Å². The maximum atomic E-state index is 12.6. The summed E-state index contributed by atoms with van der Waals surface area (Å²) in [6.45, 7) is 2.01. The zero-order valence-electron chi connectivity index (χ0n) is 16.6. The first-order valence-corrected chi connectivity index (χ1v) is 9.23. The van der Waals surface area contributed by atoms with Crippen LogP contribution >= 0.6 is 0 Å². The minimum atomic E-state index is -0.449. The molecule has 3 rings (SSSR count). The molecule has 0 saturated carbocycles. The van der Waals surface area contributed by atoms with Crippen molar-refractivity contribution in [1.82, 2.24) is 14.5 Å². The van der Waals surface area contributed by atoms with E-state index in [1.54, 1.807) is 7.05 Å². The van der Waals surface area contributed by atoms with Gasteiger partial charge in [-0.3, -0.25) is 14.2 Å². The summed E-state index contributed by atoms with van der Waals surface area (Å²) in [5.74, 6) is -0.338. The standard InChI is InChI=1S/C23H23N3O3/c1-16-9-11-18(12-10-16)21(17-7-5-4-6-8-17)24-20(27)14-13-19-15-25(2)23(29)26(3)22(19)28/h4-15,21H,1-3H3,(H,24,27)/b14-13+. The number of rotatable bonds is 5. The molecule has 3 aromatic rings. The van der Waals surface area contributed by atoms with Crippen molar-refractivity contribution in [3.63, 3.8) is 0 Å². The lowest BCUT2D eigenvalue weighted by molar-refractivity contribution is -0.116. The molecule has 0 radical (unpaired) electrons. The quantitative estimate of drug-likeness (QED) is 0.681. The third-order valence-electron chi connectivity index (χ3n) is 4.72. The number of carbonyl (C=O) groups excluding carboxylic acids is 1. The molecule has 0 saturated heterocycles. The number of aromatic nitrogens is 2. The second-order valence-corrected chi connectivity index (χ2v) is 6.94. The van der Waals surface area contributed by atoms with E-state index in [0.29, 0.717) is 0 Å². The zero-order valence-corrected chi connectivity index (χ0v) is 16.6. The van der Waals surface area contributed by atoms with E-state index in [-0.39, 0.29) is 17.5 Å². The molecule has 6 heteroatoms. The second kappa shape index (κ2) is 8.56. The van der Waals surface area contributed by atoms with Gasteiger partial charge in [0.05, 0.1) is 11.6 Å². The molecule has 1 aromatic heterocycles. The average molecular weight is 389 g/mol. The molecular weight excluding hydrogens is 366 g/mol. The molecule has 1 N–H and O–H groups in total. The van der Waals surface area contributed by atoms with Crippen LogP contribution in [0, 0.1) is 6.92 Å². The lowest BCUT2D eigenvalue weighted by atomic mass is 9.98. The van der Waals surface area contributed by atoms with E-state index in [2.05, 4.69) is 5.32 Å². The number of benzene rings is 2. The van der Waals surface area contributed by atoms with Crippen molar-refractivity contribution in [3.05, 3.63) is 110 Å². The van der Waals surface area contributed by atoms with Gasteiger partial charge in [-0.2, -0.15) is 0 Å². The summed E-state index contributed by atoms with van der Waals surface area (Å²) in [7, 11) is 2.97. The van der Waals surface area contributed by atoms with Crippen LogP contribution in [0.3, 0.4) is 0 Å². The summed E-state index contributed by atoms with van der Waals surface area (Å²) in [5.41, 5.74) is 2.45. The highest BCUT2D eigenvalue weighted by molar-refractivity contribution is 5.92. The molecule has 148 valence electrons. The summed E-state index contributed by atoms with van der Waals surface area (Å²) in [4.78, 5) is 36.6. The minimum Gasteiger partial charge on any atom is -0.342 e. The third-order valence-corrected chi connectivity index (χ3v) is 4.72. The molecule has 1 atom stereocenters. The van der Waals surface area contributed by atoms with Gasteiger partial charge in [0.25, 0.3) is 5.56 Å². The van der Waals surface area contributed by atoms with Crippen LogP contribution in [-0.2, 0) is 18.9 Å². The van der Waals surface area contributed by atoms with Crippen LogP contribution in [0.1, 0.15) is 28.3 Å². The van der Waals surface area contributed by atoms with Gasteiger partial charge in [0.2, 0.25) is 5.91 Å². The fourth-order valence-electron chi connectivity index (χ4n) is 3.07. The molecule has 2 aromatic carbocycles. The van der Waals surface area contributed by atoms with Crippen LogP contribution < -0.4 is 16.6 Å². The van der Waals surface area contributed by atoms with E-state index >= 15 is 0 Å². The Hall–Kier alpha value is -3.67. The van der Waals surface area contributed by atoms with Crippen LogP contribution in [0.15, 0.2) is 76.5 Å². The first-order chi connectivity index (χ1) is 13.9. The number of hydrogen-bond donors (Lipinski definition) is 1. The Kier molecular flexibility index (Phi) is 5.93. The van der Waals surface area contributed by atoms with Gasteiger partial charge >= 0.3 is 5.69 Å². The molecule has 1 heterocycles. The van der Waals surface area contributed by atoms with Gasteiger partial charge in [0, 0.05) is 26.4 Å². The van der Waals surface area contributed by atoms with E-state index in [9.17, 15) is 14.4 Å². The van der Waals surface area contributed by atoms with Crippen molar-refractivity contribution < 1.29 is 4.79 Å². The molecule has 1 amide bonds. The maximum absolute atomic E-state index is 12.6. The van der Waals surface area contributed by atoms with Crippen LogP contribution in [0.25, 0.3) is 6.08 Å². The molecule has 0 aliphatic rings. The van der Waals surface area contributed by atoms with Crippen LogP contribution in [0.5, 0.6) is 0 Å². The number of aryl methyl sites for hydroxylation is 2. The average Bonchev–Trinajstić information content (AvgIpc) is 2.73. The van der Waals surface area contributed by atoms with E-state index in [4.69, 9.17) is 0 Å². The lowest BCUT2D eigenvalue weighted by Gasteiger charge is -2.19. The van der Waals surface area contributed by atoms with Gasteiger partial charge in [0.1, 0.15) is 0 Å². The normalized spacial score (nSPS) is 12.1. The Morgan fingerprint density at radius 1 is 0.966 bits per heavy atom. The van der Waals surface area contributed by atoms with Crippen molar-refractivity contribution in [2.75, 3.05) is 0 Å². The van der Waals surface area contributed by atoms with Crippen molar-refractivity contribution >= 4 is 12.0 Å². The number of carbonyl (C=O) groups is 1. The monoisotopic (exact) mass is 389 g/mol. The lowest BCUT2D eigenvalue weighted by Crippen LogP contribution is -2.37. The molecule has 29 heavy (non-hydrogen) atoms. The Morgan fingerprint density at radius 3 is 2.24 bits per heavy atom. The van der Waals surface area contributed by atoms with E-state index in [0.717, 1.165) is 21.3 Å². The van der Waals surface area contributed by atoms with Crippen LogP contribution in [-0.4, -0.2) is 15.0 Å². The Balaban J connectivity index is 1.88. The zero-order chi connectivity index (χ0) is 21.0. The van der Waals surface area contributed by atoms with Crippen molar-refractivity contribution in [2.45, 2.75) is 13.0 Å². The van der Waals surface area contributed by atoms with Gasteiger partial charge < -0.3 is 9.88 Å². The van der Waals surface area contributed by atoms with Crippen molar-refractivity contribution in [1.29, 1.82) is 0 Å². The largest absolute Gasteiger partial charge is 0.342 e. The summed E-state index contributed by atoms with van der Waals surface area (Å²) in [6, 6.07) is 17.3. The molecule has 0 bridgehead atoms. The van der Waals surface area contributed by atoms with Gasteiger partial charge in [0.15, 0.2) is 0 Å². The summed E-state index contributed by atoms with van der Waals surface area (Å²) in [6.07, 6.45) is 4.16. The SMILES string of the molecule is Cc1ccc(C(NC(=O)/C=C/c2cn(C)c(=O)n(C)c2=O)c2ccccc2)cc1. The van der Waals surface area contributed by atoms with Gasteiger partial charge in [-0.1, -0.05) is 60.2 Å². The Bertz CT molecular complexity index is 1160. The molecule has 0 spiro atoms. The van der Waals surface area contributed by atoms with Gasteiger partial charge in [-0.05, 0) is 24.1 Å². The second-order valence-electron chi connectivity index (χ2n) is 6.94. The van der Waals surface area contributed by atoms with Crippen LogP contribution in [0.2, 0.25) is 0 Å². The molecule has 0 aliphatic carbocycles. The Morgan fingerprint density at radius 2 is 1.59 bits per heavy atom. The molecule has 0 aliphatic heterocycles. The molecule has 0 fully saturated rings. The van der Waals surface area contributed by atoms with Crippen LogP contribution in [0.4, 0.5) is 0 Å². The van der Waals surface area contributed by atoms with E-state index in [1.165, 1.54) is 30.0 Å². The summed E-state index contributed by atoms with van der Waals surface area (Å²) < 4.78 is 2.31. The first-order valence-electron chi connectivity index (χ1n) is 9.23. The van der Waals surface area contributed by atoms with E-state index < -0.39 is 11.2 Å². The number of amides is 1. The highest BCUT2D eigenvalue weighted by Crippen LogP contribution is 2.22.